The minimum atomic E-state index is -0.852. The molecule has 0 aliphatic heterocycles. The van der Waals surface area contributed by atoms with Gasteiger partial charge < -0.3 is 14.9 Å². The molecular weight excluding hydrogens is 244 g/mol. The lowest BCUT2D eigenvalue weighted by Gasteiger charge is -2.26. The number of hydrogen-bond donors (Lipinski definition) is 1. The van der Waals surface area contributed by atoms with E-state index in [2.05, 4.69) is 4.90 Å². The van der Waals surface area contributed by atoms with Crippen LogP contribution >= 0.6 is 0 Å². The van der Waals surface area contributed by atoms with Gasteiger partial charge in [-0.2, -0.15) is 0 Å². The fourth-order valence-corrected chi connectivity index (χ4v) is 2.04. The van der Waals surface area contributed by atoms with Crippen LogP contribution in [0, 0.1) is 5.92 Å². The Bertz CT molecular complexity index is 276. The first-order valence-corrected chi connectivity index (χ1v) is 7.07. The third-order valence-corrected chi connectivity index (χ3v) is 3.28. The Morgan fingerprint density at radius 3 is 2.05 bits per heavy atom. The molecule has 0 atom stereocenters. The van der Waals surface area contributed by atoms with E-state index in [1.807, 2.05) is 27.9 Å². The Balaban J connectivity index is 4.46. The zero-order chi connectivity index (χ0) is 14.8. The zero-order valence-corrected chi connectivity index (χ0v) is 12.7. The third kappa shape index (κ3) is 7.82. The average Bonchev–Trinajstić information content (AvgIpc) is 2.34. The lowest BCUT2D eigenvalue weighted by molar-refractivity contribution is -0.140. The van der Waals surface area contributed by atoms with Crippen molar-refractivity contribution < 1.29 is 14.7 Å². The van der Waals surface area contributed by atoms with Gasteiger partial charge in [-0.1, -0.05) is 13.8 Å². The molecule has 0 aliphatic carbocycles. The van der Waals surface area contributed by atoms with Gasteiger partial charge in [0.1, 0.15) is 0 Å². The Hall–Kier alpha value is -1.10. The van der Waals surface area contributed by atoms with Crippen molar-refractivity contribution >= 4 is 11.9 Å². The number of rotatable bonds is 10. The van der Waals surface area contributed by atoms with Crippen LogP contribution in [0.3, 0.4) is 0 Å². The second-order valence-electron chi connectivity index (χ2n) is 5.14. The van der Waals surface area contributed by atoms with Crippen LogP contribution in [0.25, 0.3) is 0 Å². The molecule has 0 fully saturated rings. The molecule has 0 heterocycles. The molecule has 0 aromatic carbocycles. The summed E-state index contributed by atoms with van der Waals surface area (Å²) < 4.78 is 0. The van der Waals surface area contributed by atoms with Crippen LogP contribution in [0.4, 0.5) is 0 Å². The number of carbonyl (C=O) groups is 2. The molecule has 112 valence electrons. The van der Waals surface area contributed by atoms with Crippen LogP contribution in [0.2, 0.25) is 0 Å². The molecule has 5 heteroatoms. The molecule has 1 N–H and O–H groups in total. The molecule has 0 bridgehead atoms. The molecule has 0 saturated heterocycles. The van der Waals surface area contributed by atoms with Crippen LogP contribution < -0.4 is 0 Å². The summed E-state index contributed by atoms with van der Waals surface area (Å²) in [5.41, 5.74) is 0. The van der Waals surface area contributed by atoms with E-state index in [0.29, 0.717) is 13.1 Å². The fourth-order valence-electron chi connectivity index (χ4n) is 2.04. The van der Waals surface area contributed by atoms with Gasteiger partial charge in [-0.25, -0.2) is 0 Å². The molecule has 0 rings (SSSR count). The van der Waals surface area contributed by atoms with E-state index in [1.165, 1.54) is 0 Å². The fraction of sp³-hybridized carbons (Fsp3) is 0.857. The molecular formula is C14H28N2O3. The van der Waals surface area contributed by atoms with Gasteiger partial charge in [0.05, 0.1) is 6.42 Å². The number of aliphatic carboxylic acids is 1. The number of carboxylic acid groups (broad SMARTS) is 1. The summed E-state index contributed by atoms with van der Waals surface area (Å²) >= 11 is 0. The maximum atomic E-state index is 12.3. The maximum Gasteiger partial charge on any atom is 0.305 e. The van der Waals surface area contributed by atoms with Gasteiger partial charge >= 0.3 is 5.97 Å². The van der Waals surface area contributed by atoms with Crippen molar-refractivity contribution in [1.29, 1.82) is 0 Å². The topological polar surface area (TPSA) is 60.9 Å². The third-order valence-electron chi connectivity index (χ3n) is 3.28. The summed E-state index contributed by atoms with van der Waals surface area (Å²) in [5.74, 6) is -0.729. The number of nitrogens with zero attached hydrogens (tertiary/aromatic N) is 2. The van der Waals surface area contributed by atoms with Crippen molar-refractivity contribution in [3.05, 3.63) is 0 Å². The largest absolute Gasteiger partial charge is 0.481 e. The Kier molecular flexibility index (Phi) is 9.21. The van der Waals surface area contributed by atoms with E-state index in [0.717, 1.165) is 25.8 Å². The van der Waals surface area contributed by atoms with E-state index in [4.69, 9.17) is 5.11 Å². The first-order valence-electron chi connectivity index (χ1n) is 7.07. The van der Waals surface area contributed by atoms with Crippen molar-refractivity contribution in [2.75, 3.05) is 33.7 Å². The molecule has 0 aromatic heterocycles. The normalized spacial score (nSPS) is 11.1. The highest BCUT2D eigenvalue weighted by atomic mass is 16.4. The molecule has 0 saturated carbocycles. The minimum Gasteiger partial charge on any atom is -0.481 e. The predicted octanol–water partition coefficient (Wildman–Crippen LogP) is 1.68. The van der Waals surface area contributed by atoms with Crippen LogP contribution in [-0.2, 0) is 9.59 Å². The molecule has 0 aliphatic rings. The number of hydrogen-bond acceptors (Lipinski definition) is 3. The lowest BCUT2D eigenvalue weighted by Crippen LogP contribution is -2.39. The van der Waals surface area contributed by atoms with Crippen molar-refractivity contribution in [2.24, 2.45) is 5.92 Å². The Morgan fingerprint density at radius 1 is 1.05 bits per heavy atom. The molecule has 19 heavy (non-hydrogen) atoms. The summed E-state index contributed by atoms with van der Waals surface area (Å²) in [7, 11) is 3.98. The minimum absolute atomic E-state index is 0.0214. The Morgan fingerprint density at radius 2 is 1.63 bits per heavy atom. The van der Waals surface area contributed by atoms with Gasteiger partial charge in [-0.15, -0.1) is 0 Å². The van der Waals surface area contributed by atoms with E-state index >= 15 is 0 Å². The van der Waals surface area contributed by atoms with Crippen molar-refractivity contribution in [3.8, 4) is 0 Å². The van der Waals surface area contributed by atoms with E-state index in [9.17, 15) is 9.59 Å². The maximum absolute atomic E-state index is 12.3. The monoisotopic (exact) mass is 272 g/mol. The van der Waals surface area contributed by atoms with Crippen molar-refractivity contribution in [2.45, 2.75) is 39.5 Å². The molecule has 0 aromatic rings. The van der Waals surface area contributed by atoms with E-state index in [-0.39, 0.29) is 18.2 Å². The van der Waals surface area contributed by atoms with E-state index < -0.39 is 5.97 Å². The van der Waals surface area contributed by atoms with Crippen LogP contribution in [0.15, 0.2) is 0 Å². The second-order valence-corrected chi connectivity index (χ2v) is 5.14. The van der Waals surface area contributed by atoms with Gasteiger partial charge in [0, 0.05) is 19.0 Å². The summed E-state index contributed by atoms with van der Waals surface area (Å²) in [6, 6.07) is 0. The molecule has 0 radical (unpaired) electrons. The Labute approximate surface area is 116 Å². The standard InChI is InChI=1S/C14H28N2O3/c1-5-12(6-2)14(19)16(11-8-13(17)18)10-7-9-15(3)4/h12H,5-11H2,1-4H3,(H,17,18). The summed E-state index contributed by atoms with van der Waals surface area (Å²) in [5, 5.41) is 8.76. The van der Waals surface area contributed by atoms with Crippen LogP contribution in [-0.4, -0.2) is 60.5 Å². The highest BCUT2D eigenvalue weighted by Crippen LogP contribution is 2.13. The van der Waals surface area contributed by atoms with Crippen LogP contribution in [0.5, 0.6) is 0 Å². The average molecular weight is 272 g/mol. The van der Waals surface area contributed by atoms with Crippen molar-refractivity contribution in [3.63, 3.8) is 0 Å². The first-order chi connectivity index (χ1) is 8.92. The van der Waals surface area contributed by atoms with Gasteiger partial charge in [0.2, 0.25) is 5.91 Å². The van der Waals surface area contributed by atoms with E-state index in [1.54, 1.807) is 4.90 Å². The first kappa shape index (κ1) is 17.9. The quantitative estimate of drug-likeness (QED) is 0.657. The molecule has 0 spiro atoms. The zero-order valence-electron chi connectivity index (χ0n) is 12.7. The van der Waals surface area contributed by atoms with Gasteiger partial charge in [0.15, 0.2) is 0 Å². The SMILES string of the molecule is CCC(CC)C(=O)N(CCCN(C)C)CCC(=O)O. The van der Waals surface area contributed by atoms with Crippen molar-refractivity contribution in [1.82, 2.24) is 9.80 Å². The number of carbonyl (C=O) groups excluding carboxylic acids is 1. The molecule has 1 amide bonds. The lowest BCUT2D eigenvalue weighted by atomic mass is 10.0. The van der Waals surface area contributed by atoms with Gasteiger partial charge in [-0.05, 0) is 39.9 Å². The molecule has 5 nitrogen and oxygen atoms in total. The highest BCUT2D eigenvalue weighted by molar-refractivity contribution is 5.79. The molecule has 0 unspecified atom stereocenters. The summed E-state index contributed by atoms with van der Waals surface area (Å²) in [6.07, 6.45) is 2.52. The summed E-state index contributed by atoms with van der Waals surface area (Å²) in [6.45, 7) is 5.86. The highest BCUT2D eigenvalue weighted by Gasteiger charge is 2.21. The second kappa shape index (κ2) is 9.78. The smallest absolute Gasteiger partial charge is 0.305 e. The number of amides is 1. The van der Waals surface area contributed by atoms with Gasteiger partial charge in [0.25, 0.3) is 0 Å². The van der Waals surface area contributed by atoms with Crippen LogP contribution in [0.1, 0.15) is 39.5 Å². The summed E-state index contributed by atoms with van der Waals surface area (Å²) in [4.78, 5) is 26.8. The predicted molar refractivity (Wildman–Crippen MR) is 76.1 cm³/mol. The van der Waals surface area contributed by atoms with Gasteiger partial charge in [-0.3, -0.25) is 9.59 Å². The number of carboxylic acids is 1.